The molecule has 5 nitrogen and oxygen atoms in total. The van der Waals surface area contributed by atoms with Crippen LogP contribution in [0.2, 0.25) is 0 Å². The Morgan fingerprint density at radius 1 is 1.41 bits per heavy atom. The van der Waals surface area contributed by atoms with Crippen LogP contribution in [0.3, 0.4) is 0 Å². The zero-order valence-corrected chi connectivity index (χ0v) is 9.89. The quantitative estimate of drug-likeness (QED) is 0.845. The fraction of sp³-hybridized carbons (Fsp3) is 0.500. The number of hydrogen-bond acceptors (Lipinski definition) is 4. The molecule has 17 heavy (non-hydrogen) atoms. The van der Waals surface area contributed by atoms with Crippen LogP contribution in [0.1, 0.15) is 24.6 Å². The molecule has 0 atom stereocenters. The van der Waals surface area contributed by atoms with Gasteiger partial charge >= 0.3 is 0 Å². The maximum atomic E-state index is 5.19. The molecule has 3 rings (SSSR count). The molecule has 1 N–H and O–H groups in total. The molecule has 0 aliphatic carbocycles. The van der Waals surface area contributed by atoms with Gasteiger partial charge in [0.05, 0.1) is 7.11 Å². The predicted octanol–water partition coefficient (Wildman–Crippen LogP) is 1.20. The van der Waals surface area contributed by atoms with E-state index >= 15 is 0 Å². The van der Waals surface area contributed by atoms with Crippen molar-refractivity contribution < 1.29 is 4.74 Å². The lowest BCUT2D eigenvalue weighted by atomic mass is 9.98. The molecule has 0 bridgehead atoms. The lowest BCUT2D eigenvalue weighted by molar-refractivity contribution is 0.414. The molecule has 2 aromatic rings. The van der Waals surface area contributed by atoms with Crippen molar-refractivity contribution in [3.05, 3.63) is 24.2 Å². The summed E-state index contributed by atoms with van der Waals surface area (Å²) in [4.78, 5) is 4.59. The molecule has 90 valence electrons. The fourth-order valence-electron chi connectivity index (χ4n) is 2.26. The van der Waals surface area contributed by atoms with Crippen LogP contribution in [-0.4, -0.2) is 34.8 Å². The van der Waals surface area contributed by atoms with Crippen LogP contribution in [0.5, 0.6) is 5.75 Å². The Morgan fingerprint density at radius 2 is 2.24 bits per heavy atom. The van der Waals surface area contributed by atoms with Gasteiger partial charge in [-0.2, -0.15) is 5.10 Å². The number of piperidine rings is 1. The number of pyridine rings is 1. The lowest BCUT2D eigenvalue weighted by Crippen LogP contribution is -2.27. The summed E-state index contributed by atoms with van der Waals surface area (Å²) in [7, 11) is 1.66. The first-order chi connectivity index (χ1) is 8.36. The van der Waals surface area contributed by atoms with Gasteiger partial charge in [-0.15, -0.1) is 0 Å². The van der Waals surface area contributed by atoms with Crippen molar-refractivity contribution in [1.29, 1.82) is 0 Å². The van der Waals surface area contributed by atoms with E-state index in [0.717, 1.165) is 43.2 Å². The zero-order valence-electron chi connectivity index (χ0n) is 9.89. The van der Waals surface area contributed by atoms with Gasteiger partial charge in [-0.05, 0) is 32.0 Å². The van der Waals surface area contributed by atoms with Crippen molar-refractivity contribution in [2.75, 3.05) is 20.2 Å². The Bertz CT molecular complexity index is 516. The highest BCUT2D eigenvalue weighted by Crippen LogP contribution is 2.23. The van der Waals surface area contributed by atoms with E-state index in [1.54, 1.807) is 7.11 Å². The number of nitrogens with one attached hydrogen (secondary N) is 1. The number of hydrogen-bond donors (Lipinski definition) is 1. The highest BCUT2D eigenvalue weighted by molar-refractivity contribution is 5.43. The second kappa shape index (κ2) is 4.33. The molecule has 1 saturated heterocycles. The van der Waals surface area contributed by atoms with E-state index in [1.165, 1.54) is 0 Å². The molecule has 1 aliphatic rings. The maximum Gasteiger partial charge on any atom is 0.159 e. The van der Waals surface area contributed by atoms with Crippen LogP contribution in [0.4, 0.5) is 0 Å². The smallest absolute Gasteiger partial charge is 0.159 e. The SMILES string of the molecule is COc1ccn2nc(C3CCNCC3)nc2c1. The molecule has 0 radical (unpaired) electrons. The molecule has 3 heterocycles. The van der Waals surface area contributed by atoms with Crippen LogP contribution in [0.25, 0.3) is 5.65 Å². The van der Waals surface area contributed by atoms with E-state index < -0.39 is 0 Å². The van der Waals surface area contributed by atoms with Crippen molar-refractivity contribution in [2.45, 2.75) is 18.8 Å². The summed E-state index contributed by atoms with van der Waals surface area (Å²) in [6.45, 7) is 2.12. The van der Waals surface area contributed by atoms with Gasteiger partial charge in [0, 0.05) is 18.2 Å². The van der Waals surface area contributed by atoms with E-state index in [9.17, 15) is 0 Å². The van der Waals surface area contributed by atoms with Crippen LogP contribution in [0, 0.1) is 0 Å². The highest BCUT2D eigenvalue weighted by atomic mass is 16.5. The number of rotatable bonds is 2. The molecule has 1 fully saturated rings. The third-order valence-corrected chi connectivity index (χ3v) is 3.27. The Morgan fingerprint density at radius 3 is 3.00 bits per heavy atom. The van der Waals surface area contributed by atoms with Crippen LogP contribution < -0.4 is 10.1 Å². The van der Waals surface area contributed by atoms with E-state index in [4.69, 9.17) is 4.74 Å². The second-order valence-electron chi connectivity index (χ2n) is 4.36. The number of nitrogens with zero attached hydrogens (tertiary/aromatic N) is 3. The normalized spacial score (nSPS) is 17.5. The standard InChI is InChI=1S/C12H16N4O/c1-17-10-4-7-16-11(8-10)14-12(15-16)9-2-5-13-6-3-9/h4,7-9,13H,2-3,5-6H2,1H3. The Balaban J connectivity index is 1.95. The maximum absolute atomic E-state index is 5.19. The number of aromatic nitrogens is 3. The van der Waals surface area contributed by atoms with E-state index in [0.29, 0.717) is 5.92 Å². The molecule has 0 unspecified atom stereocenters. The van der Waals surface area contributed by atoms with Gasteiger partial charge in [0.2, 0.25) is 0 Å². The largest absolute Gasteiger partial charge is 0.497 e. The second-order valence-corrected chi connectivity index (χ2v) is 4.36. The molecule has 2 aromatic heterocycles. The van der Waals surface area contributed by atoms with Crippen molar-refractivity contribution in [3.8, 4) is 5.75 Å². The number of methoxy groups -OCH3 is 1. The number of fused-ring (bicyclic) bond motifs is 1. The van der Waals surface area contributed by atoms with E-state index in [1.807, 2.05) is 22.8 Å². The minimum Gasteiger partial charge on any atom is -0.497 e. The molecule has 1 aliphatic heterocycles. The first kappa shape index (κ1) is 10.5. The topological polar surface area (TPSA) is 51.5 Å². The summed E-state index contributed by atoms with van der Waals surface area (Å²) in [6, 6.07) is 3.81. The Kier molecular flexibility index (Phi) is 2.68. The van der Waals surface area contributed by atoms with Crippen molar-refractivity contribution in [1.82, 2.24) is 19.9 Å². The molecular weight excluding hydrogens is 216 g/mol. The highest BCUT2D eigenvalue weighted by Gasteiger charge is 2.19. The molecular formula is C12H16N4O. The predicted molar refractivity (Wildman–Crippen MR) is 64.4 cm³/mol. The summed E-state index contributed by atoms with van der Waals surface area (Å²) >= 11 is 0. The average Bonchev–Trinajstić information content (AvgIpc) is 2.82. The van der Waals surface area contributed by atoms with Gasteiger partial charge in [0.25, 0.3) is 0 Å². The third-order valence-electron chi connectivity index (χ3n) is 3.27. The van der Waals surface area contributed by atoms with Gasteiger partial charge < -0.3 is 10.1 Å². The van der Waals surface area contributed by atoms with Crippen LogP contribution >= 0.6 is 0 Å². The van der Waals surface area contributed by atoms with Crippen molar-refractivity contribution in [3.63, 3.8) is 0 Å². The van der Waals surface area contributed by atoms with E-state index in [2.05, 4.69) is 15.4 Å². The molecule has 0 aromatic carbocycles. The van der Waals surface area contributed by atoms with Gasteiger partial charge in [-0.1, -0.05) is 0 Å². The summed E-state index contributed by atoms with van der Waals surface area (Å²) < 4.78 is 7.01. The van der Waals surface area contributed by atoms with E-state index in [-0.39, 0.29) is 0 Å². The third kappa shape index (κ3) is 1.98. The number of ether oxygens (including phenoxy) is 1. The summed E-state index contributed by atoms with van der Waals surface area (Å²) in [5, 5.41) is 7.89. The first-order valence-corrected chi connectivity index (χ1v) is 5.98. The summed E-state index contributed by atoms with van der Waals surface area (Å²) in [5.41, 5.74) is 0.859. The Labute approximate surface area is 99.8 Å². The molecule has 0 spiro atoms. The lowest BCUT2D eigenvalue weighted by Gasteiger charge is -2.19. The molecule has 0 amide bonds. The molecule has 0 saturated carbocycles. The minimum absolute atomic E-state index is 0.488. The Hall–Kier alpha value is -1.62. The molecule has 5 heteroatoms. The van der Waals surface area contributed by atoms with Gasteiger partial charge in [-0.3, -0.25) is 0 Å². The minimum atomic E-state index is 0.488. The summed E-state index contributed by atoms with van der Waals surface area (Å²) in [5.74, 6) is 2.27. The monoisotopic (exact) mass is 232 g/mol. The van der Waals surface area contributed by atoms with Crippen LogP contribution in [0.15, 0.2) is 18.3 Å². The van der Waals surface area contributed by atoms with Crippen molar-refractivity contribution in [2.24, 2.45) is 0 Å². The van der Waals surface area contributed by atoms with Crippen LogP contribution in [-0.2, 0) is 0 Å². The summed E-state index contributed by atoms with van der Waals surface area (Å²) in [6.07, 6.45) is 4.13. The average molecular weight is 232 g/mol. The van der Waals surface area contributed by atoms with Gasteiger partial charge in [0.15, 0.2) is 11.5 Å². The van der Waals surface area contributed by atoms with Gasteiger partial charge in [0.1, 0.15) is 5.75 Å². The fourth-order valence-corrected chi connectivity index (χ4v) is 2.26. The zero-order chi connectivity index (χ0) is 11.7. The van der Waals surface area contributed by atoms with Crippen molar-refractivity contribution >= 4 is 5.65 Å². The van der Waals surface area contributed by atoms with Gasteiger partial charge in [-0.25, -0.2) is 9.50 Å². The first-order valence-electron chi connectivity index (χ1n) is 5.98.